The number of fused-ring (bicyclic) bond motifs is 1. The van der Waals surface area contributed by atoms with E-state index in [1.165, 1.54) is 0 Å². The van der Waals surface area contributed by atoms with Gasteiger partial charge in [0.15, 0.2) is 0 Å². The molecule has 88 valence electrons. The lowest BCUT2D eigenvalue weighted by atomic mass is 9.86. The van der Waals surface area contributed by atoms with Crippen LogP contribution >= 0.6 is 0 Å². The predicted molar refractivity (Wildman–Crippen MR) is 57.9 cm³/mol. The molecule has 2 saturated heterocycles. The van der Waals surface area contributed by atoms with Gasteiger partial charge in [0.1, 0.15) is 5.60 Å². The second kappa shape index (κ2) is 3.57. The molecule has 0 aliphatic carbocycles. The molecule has 3 aliphatic rings. The van der Waals surface area contributed by atoms with E-state index in [0.29, 0.717) is 26.3 Å². The van der Waals surface area contributed by atoms with Crippen molar-refractivity contribution in [2.75, 3.05) is 26.3 Å². The first-order chi connectivity index (χ1) is 7.75. The predicted octanol–water partition coefficient (Wildman–Crippen LogP) is 0.579. The molecular weight excluding hydrogens is 206 g/mol. The minimum Gasteiger partial charge on any atom is -0.380 e. The molecule has 1 spiro atoms. The van der Waals surface area contributed by atoms with Crippen molar-refractivity contribution in [3.8, 4) is 0 Å². The Balaban J connectivity index is 1.68. The van der Waals surface area contributed by atoms with Gasteiger partial charge in [-0.1, -0.05) is 12.2 Å². The van der Waals surface area contributed by atoms with E-state index in [9.17, 15) is 4.79 Å². The lowest BCUT2D eigenvalue weighted by Gasteiger charge is -2.21. The molecule has 0 radical (unpaired) electrons. The van der Waals surface area contributed by atoms with Gasteiger partial charge in [-0.2, -0.15) is 0 Å². The summed E-state index contributed by atoms with van der Waals surface area (Å²) < 4.78 is 11.2. The molecule has 0 aromatic rings. The van der Waals surface area contributed by atoms with Gasteiger partial charge in [0.2, 0.25) is 5.91 Å². The zero-order valence-electron chi connectivity index (χ0n) is 9.52. The molecule has 3 atom stereocenters. The number of likely N-dealkylation sites (tertiary alicyclic amines) is 1. The Morgan fingerprint density at radius 1 is 1.69 bits per heavy atom. The van der Waals surface area contributed by atoms with Gasteiger partial charge >= 0.3 is 0 Å². The van der Waals surface area contributed by atoms with E-state index in [2.05, 4.69) is 12.2 Å². The summed E-state index contributed by atoms with van der Waals surface area (Å²) in [6, 6.07) is 0. The first kappa shape index (κ1) is 10.3. The molecule has 2 bridgehead atoms. The maximum atomic E-state index is 12.1. The zero-order chi connectivity index (χ0) is 11.2. The standard InChI is InChI=1S/C12H17NO3/c1-2-15-6-5-13-8-12-4-3-9(16-12)7-10(12)11(13)14/h3-4,9-10H,2,5-8H2,1H3. The topological polar surface area (TPSA) is 38.8 Å². The summed E-state index contributed by atoms with van der Waals surface area (Å²) in [4.78, 5) is 14.0. The van der Waals surface area contributed by atoms with Gasteiger partial charge < -0.3 is 14.4 Å². The molecule has 0 aromatic heterocycles. The lowest BCUT2D eigenvalue weighted by molar-refractivity contribution is -0.131. The van der Waals surface area contributed by atoms with E-state index in [4.69, 9.17) is 9.47 Å². The molecule has 0 saturated carbocycles. The van der Waals surface area contributed by atoms with Crippen LogP contribution in [0.3, 0.4) is 0 Å². The summed E-state index contributed by atoms with van der Waals surface area (Å²) in [5.74, 6) is 0.302. The van der Waals surface area contributed by atoms with Crippen LogP contribution in [0, 0.1) is 5.92 Å². The van der Waals surface area contributed by atoms with Crippen LogP contribution in [0.2, 0.25) is 0 Å². The number of nitrogens with zero attached hydrogens (tertiary/aromatic N) is 1. The van der Waals surface area contributed by atoms with Crippen molar-refractivity contribution in [1.29, 1.82) is 0 Å². The molecule has 2 fully saturated rings. The highest BCUT2D eigenvalue weighted by atomic mass is 16.5. The molecule has 0 aromatic carbocycles. The van der Waals surface area contributed by atoms with Gasteiger partial charge in [0, 0.05) is 13.2 Å². The Morgan fingerprint density at radius 2 is 2.56 bits per heavy atom. The van der Waals surface area contributed by atoms with Crippen LogP contribution in [-0.2, 0) is 14.3 Å². The van der Waals surface area contributed by atoms with E-state index < -0.39 is 0 Å². The fraction of sp³-hybridized carbons (Fsp3) is 0.750. The Labute approximate surface area is 95.2 Å². The molecule has 0 N–H and O–H groups in total. The third kappa shape index (κ3) is 1.33. The van der Waals surface area contributed by atoms with Crippen molar-refractivity contribution in [3.05, 3.63) is 12.2 Å². The number of rotatable bonds is 4. The van der Waals surface area contributed by atoms with Gasteiger partial charge in [-0.15, -0.1) is 0 Å². The number of hydrogen-bond acceptors (Lipinski definition) is 3. The van der Waals surface area contributed by atoms with E-state index in [0.717, 1.165) is 6.42 Å². The number of hydrogen-bond donors (Lipinski definition) is 0. The summed E-state index contributed by atoms with van der Waals surface area (Å²) >= 11 is 0. The first-order valence-corrected chi connectivity index (χ1v) is 5.99. The highest BCUT2D eigenvalue weighted by Gasteiger charge is 2.59. The van der Waals surface area contributed by atoms with E-state index in [1.54, 1.807) is 0 Å². The van der Waals surface area contributed by atoms with E-state index in [1.807, 2.05) is 11.8 Å². The Kier molecular flexibility index (Phi) is 2.30. The minimum atomic E-state index is -0.298. The molecule has 3 heterocycles. The Bertz CT molecular complexity index is 341. The third-order valence-corrected chi connectivity index (χ3v) is 3.78. The smallest absolute Gasteiger partial charge is 0.229 e. The zero-order valence-corrected chi connectivity index (χ0v) is 9.52. The van der Waals surface area contributed by atoms with Crippen LogP contribution in [0.25, 0.3) is 0 Å². The van der Waals surface area contributed by atoms with Crippen LogP contribution in [0.1, 0.15) is 13.3 Å². The van der Waals surface area contributed by atoms with Gasteiger partial charge in [-0.05, 0) is 13.3 Å². The summed E-state index contributed by atoms with van der Waals surface area (Å²) in [7, 11) is 0. The number of carbonyl (C=O) groups is 1. The van der Waals surface area contributed by atoms with Gasteiger partial charge in [-0.25, -0.2) is 0 Å². The van der Waals surface area contributed by atoms with Crippen molar-refractivity contribution in [2.24, 2.45) is 5.92 Å². The fourth-order valence-corrected chi connectivity index (χ4v) is 3.00. The summed E-state index contributed by atoms with van der Waals surface area (Å²) in [5.41, 5.74) is -0.298. The quantitative estimate of drug-likeness (QED) is 0.517. The van der Waals surface area contributed by atoms with Gasteiger partial charge in [0.05, 0.1) is 25.2 Å². The Morgan fingerprint density at radius 3 is 3.25 bits per heavy atom. The summed E-state index contributed by atoms with van der Waals surface area (Å²) in [6.07, 6.45) is 5.23. The highest BCUT2D eigenvalue weighted by Crippen LogP contribution is 2.48. The monoisotopic (exact) mass is 223 g/mol. The maximum Gasteiger partial charge on any atom is 0.229 e. The van der Waals surface area contributed by atoms with E-state index in [-0.39, 0.29) is 23.5 Å². The van der Waals surface area contributed by atoms with Crippen LogP contribution < -0.4 is 0 Å². The highest BCUT2D eigenvalue weighted by molar-refractivity contribution is 5.84. The van der Waals surface area contributed by atoms with Crippen molar-refractivity contribution >= 4 is 5.91 Å². The van der Waals surface area contributed by atoms with Gasteiger partial charge in [-0.3, -0.25) is 4.79 Å². The van der Waals surface area contributed by atoms with E-state index >= 15 is 0 Å². The van der Waals surface area contributed by atoms with Crippen molar-refractivity contribution < 1.29 is 14.3 Å². The molecule has 4 nitrogen and oxygen atoms in total. The van der Waals surface area contributed by atoms with Crippen LogP contribution in [0.4, 0.5) is 0 Å². The van der Waals surface area contributed by atoms with Crippen molar-refractivity contribution in [1.82, 2.24) is 4.90 Å². The molecule has 4 heteroatoms. The van der Waals surface area contributed by atoms with Crippen LogP contribution in [0.15, 0.2) is 12.2 Å². The molecule has 3 unspecified atom stereocenters. The summed E-state index contributed by atoms with van der Waals surface area (Å²) in [5, 5.41) is 0. The lowest BCUT2D eigenvalue weighted by Crippen LogP contribution is -2.34. The largest absolute Gasteiger partial charge is 0.380 e. The maximum absolute atomic E-state index is 12.1. The SMILES string of the molecule is CCOCCN1CC23C=CC(CC2C1=O)O3. The Hall–Kier alpha value is -0.870. The normalized spacial score (nSPS) is 39.8. The minimum absolute atomic E-state index is 0.0594. The third-order valence-electron chi connectivity index (χ3n) is 3.78. The number of amides is 1. The van der Waals surface area contributed by atoms with Gasteiger partial charge in [0.25, 0.3) is 0 Å². The molecule has 3 aliphatic heterocycles. The second-order valence-electron chi connectivity index (χ2n) is 4.72. The molecule has 16 heavy (non-hydrogen) atoms. The first-order valence-electron chi connectivity index (χ1n) is 5.99. The molecule has 3 rings (SSSR count). The average Bonchev–Trinajstić information content (AvgIpc) is 2.90. The molecular formula is C12H17NO3. The second-order valence-corrected chi connectivity index (χ2v) is 4.72. The number of carbonyl (C=O) groups excluding carboxylic acids is 1. The van der Waals surface area contributed by atoms with Crippen molar-refractivity contribution in [3.63, 3.8) is 0 Å². The van der Waals surface area contributed by atoms with Crippen molar-refractivity contribution in [2.45, 2.75) is 25.0 Å². The summed E-state index contributed by atoms with van der Waals surface area (Å²) in [6.45, 7) is 4.68. The average molecular weight is 223 g/mol. The molecule has 1 amide bonds. The number of ether oxygens (including phenoxy) is 2. The fourth-order valence-electron chi connectivity index (χ4n) is 3.00. The van der Waals surface area contributed by atoms with Crippen LogP contribution in [0.5, 0.6) is 0 Å². The van der Waals surface area contributed by atoms with Crippen LogP contribution in [-0.4, -0.2) is 48.8 Å².